The molecular formula is C20H19ClN4O2S. The molecule has 0 radical (unpaired) electrons. The molecule has 28 heavy (non-hydrogen) atoms. The van der Waals surface area contributed by atoms with Gasteiger partial charge in [-0.25, -0.2) is 9.78 Å². The number of thioether (sulfide) groups is 1. The molecule has 1 fully saturated rings. The molecule has 1 aromatic carbocycles. The van der Waals surface area contributed by atoms with Crippen LogP contribution in [0.25, 0.3) is 15.9 Å². The van der Waals surface area contributed by atoms with Crippen LogP contribution >= 0.6 is 23.4 Å². The highest BCUT2D eigenvalue weighted by molar-refractivity contribution is 8.08. The maximum atomic E-state index is 12.6. The van der Waals surface area contributed by atoms with E-state index in [0.29, 0.717) is 26.8 Å². The predicted octanol–water partition coefficient (Wildman–Crippen LogP) is 3.60. The second-order valence-corrected chi connectivity index (χ2v) is 7.99. The largest absolute Gasteiger partial charge is 0.422 e. The summed E-state index contributed by atoms with van der Waals surface area (Å²) in [6.45, 7) is 7.58. The van der Waals surface area contributed by atoms with E-state index < -0.39 is 5.63 Å². The van der Waals surface area contributed by atoms with E-state index in [4.69, 9.17) is 21.8 Å². The first kappa shape index (κ1) is 18.9. The van der Waals surface area contributed by atoms with Gasteiger partial charge in [0.25, 0.3) is 0 Å². The van der Waals surface area contributed by atoms with Crippen molar-refractivity contribution in [3.8, 4) is 0 Å². The second-order valence-electron chi connectivity index (χ2n) is 6.44. The van der Waals surface area contributed by atoms with Crippen molar-refractivity contribution in [1.82, 2.24) is 10.3 Å². The molecule has 4 rings (SSSR count). The maximum absolute atomic E-state index is 12.6. The number of anilines is 2. The smallest absolute Gasteiger partial charge is 0.344 e. The van der Waals surface area contributed by atoms with Gasteiger partial charge in [-0.15, -0.1) is 0 Å². The number of rotatable bonds is 4. The number of nitrogens with zero attached hydrogens (tertiary/aromatic N) is 2. The van der Waals surface area contributed by atoms with E-state index in [-0.39, 0.29) is 0 Å². The first-order chi connectivity index (χ1) is 13.5. The highest BCUT2D eigenvalue weighted by Crippen LogP contribution is 2.38. The van der Waals surface area contributed by atoms with Gasteiger partial charge in [-0.05, 0) is 18.2 Å². The van der Waals surface area contributed by atoms with Gasteiger partial charge in [0.15, 0.2) is 0 Å². The third-order valence-electron chi connectivity index (χ3n) is 4.59. The van der Waals surface area contributed by atoms with E-state index >= 15 is 0 Å². The zero-order valence-corrected chi connectivity index (χ0v) is 16.6. The van der Waals surface area contributed by atoms with Crippen LogP contribution in [0.15, 0.2) is 57.2 Å². The van der Waals surface area contributed by atoms with Crippen LogP contribution in [0.3, 0.4) is 0 Å². The van der Waals surface area contributed by atoms with Crippen molar-refractivity contribution in [3.63, 3.8) is 0 Å². The lowest BCUT2D eigenvalue weighted by atomic mass is 10.2. The number of hydrogen-bond acceptors (Lipinski definition) is 7. The van der Waals surface area contributed by atoms with Gasteiger partial charge < -0.3 is 20.4 Å². The fraction of sp³-hybridized carbons (Fsp3) is 0.200. The third kappa shape index (κ3) is 3.73. The Morgan fingerprint density at radius 3 is 2.89 bits per heavy atom. The number of nitrogen functional groups attached to an aromatic ring is 1. The van der Waals surface area contributed by atoms with Crippen LogP contribution in [0.2, 0.25) is 5.02 Å². The Labute approximate surface area is 171 Å². The molecule has 1 aliphatic rings. The Balaban J connectivity index is 1.64. The van der Waals surface area contributed by atoms with E-state index in [9.17, 15) is 4.79 Å². The van der Waals surface area contributed by atoms with E-state index in [1.54, 1.807) is 24.4 Å². The van der Waals surface area contributed by atoms with Crippen molar-refractivity contribution in [3.05, 3.63) is 64.1 Å². The topological polar surface area (TPSA) is 84.4 Å². The summed E-state index contributed by atoms with van der Waals surface area (Å²) in [6.07, 6.45) is 1.73. The summed E-state index contributed by atoms with van der Waals surface area (Å²) in [5.74, 6) is 0.810. The van der Waals surface area contributed by atoms with Gasteiger partial charge in [0.05, 0.1) is 16.3 Å². The summed E-state index contributed by atoms with van der Waals surface area (Å²) in [5, 5.41) is 4.52. The Morgan fingerprint density at radius 1 is 1.32 bits per heavy atom. The van der Waals surface area contributed by atoms with Crippen LogP contribution in [0.1, 0.15) is 5.56 Å². The van der Waals surface area contributed by atoms with E-state index in [2.05, 4.69) is 21.8 Å². The van der Waals surface area contributed by atoms with E-state index in [0.717, 1.165) is 42.3 Å². The molecule has 0 saturated carbocycles. The molecular weight excluding hydrogens is 396 g/mol. The van der Waals surface area contributed by atoms with Crippen LogP contribution in [0.5, 0.6) is 0 Å². The fourth-order valence-electron chi connectivity index (χ4n) is 3.06. The van der Waals surface area contributed by atoms with Gasteiger partial charge in [0, 0.05) is 53.6 Å². The maximum Gasteiger partial charge on any atom is 0.344 e. The number of para-hydroxylation sites is 1. The van der Waals surface area contributed by atoms with Gasteiger partial charge >= 0.3 is 5.63 Å². The fourth-order valence-corrected chi connectivity index (χ4v) is 4.17. The zero-order chi connectivity index (χ0) is 19.7. The Kier molecular flexibility index (Phi) is 5.30. The van der Waals surface area contributed by atoms with E-state index in [1.165, 1.54) is 11.8 Å². The van der Waals surface area contributed by atoms with Crippen molar-refractivity contribution in [2.75, 3.05) is 36.8 Å². The summed E-state index contributed by atoms with van der Waals surface area (Å²) in [5.41, 5.74) is 6.92. The molecule has 1 saturated heterocycles. The number of piperazine rings is 1. The highest BCUT2D eigenvalue weighted by Gasteiger charge is 2.16. The Morgan fingerprint density at radius 2 is 2.11 bits per heavy atom. The number of fused-ring (bicyclic) bond motifs is 1. The SMILES string of the molecule is C=C(Sc1cccc(Cl)c1N)c1cc2cnc(N3CCNCC3)cc2oc1=O. The van der Waals surface area contributed by atoms with Crippen molar-refractivity contribution in [1.29, 1.82) is 0 Å². The predicted molar refractivity (Wildman–Crippen MR) is 116 cm³/mol. The molecule has 0 aliphatic carbocycles. The molecule has 0 bridgehead atoms. The standard InChI is InChI=1S/C20H19ClN4O2S/c1-12(28-17-4-2-3-15(21)19(17)22)14-9-13-11-24-18(10-16(13)27-20(14)26)25-7-5-23-6-8-25/h2-4,9-11,23H,1,5-8,22H2. The van der Waals surface area contributed by atoms with Crippen molar-refractivity contribution >= 4 is 50.7 Å². The minimum Gasteiger partial charge on any atom is -0.422 e. The molecule has 144 valence electrons. The Bertz CT molecular complexity index is 1110. The van der Waals surface area contributed by atoms with Crippen LogP contribution in [0, 0.1) is 0 Å². The molecule has 0 spiro atoms. The summed E-state index contributed by atoms with van der Waals surface area (Å²) in [4.78, 5) is 20.5. The van der Waals surface area contributed by atoms with Crippen LogP contribution in [-0.4, -0.2) is 31.2 Å². The van der Waals surface area contributed by atoms with Crippen molar-refractivity contribution in [2.24, 2.45) is 0 Å². The minimum atomic E-state index is -0.442. The monoisotopic (exact) mass is 414 g/mol. The van der Waals surface area contributed by atoms with Gasteiger partial charge in [-0.3, -0.25) is 0 Å². The molecule has 0 atom stereocenters. The number of nitrogens with two attached hydrogens (primary N) is 1. The van der Waals surface area contributed by atoms with Gasteiger partial charge in [-0.2, -0.15) is 0 Å². The zero-order valence-electron chi connectivity index (χ0n) is 15.1. The molecule has 0 unspecified atom stereocenters. The molecule has 2 aromatic heterocycles. The molecule has 1 aliphatic heterocycles. The average Bonchev–Trinajstić information content (AvgIpc) is 2.71. The quantitative estimate of drug-likeness (QED) is 0.498. The number of hydrogen-bond donors (Lipinski definition) is 2. The summed E-state index contributed by atoms with van der Waals surface area (Å²) in [6, 6.07) is 8.93. The number of aromatic nitrogens is 1. The summed E-state index contributed by atoms with van der Waals surface area (Å²) >= 11 is 7.35. The summed E-state index contributed by atoms with van der Waals surface area (Å²) in [7, 11) is 0. The lowest BCUT2D eigenvalue weighted by Crippen LogP contribution is -2.43. The molecule has 8 heteroatoms. The van der Waals surface area contributed by atoms with Gasteiger partial charge in [-0.1, -0.05) is 36.0 Å². The van der Waals surface area contributed by atoms with Crippen molar-refractivity contribution < 1.29 is 4.42 Å². The normalized spacial score (nSPS) is 14.4. The second kappa shape index (κ2) is 7.87. The van der Waals surface area contributed by atoms with Gasteiger partial charge in [0.2, 0.25) is 0 Å². The van der Waals surface area contributed by atoms with Crippen molar-refractivity contribution in [2.45, 2.75) is 4.90 Å². The number of nitrogens with one attached hydrogen (secondary N) is 1. The average molecular weight is 415 g/mol. The highest BCUT2D eigenvalue weighted by atomic mass is 35.5. The number of benzene rings is 1. The molecule has 3 N–H and O–H groups in total. The minimum absolute atomic E-state index is 0.383. The molecule has 3 aromatic rings. The molecule has 6 nitrogen and oxygen atoms in total. The first-order valence-corrected chi connectivity index (χ1v) is 10.0. The van der Waals surface area contributed by atoms with E-state index in [1.807, 2.05) is 12.1 Å². The first-order valence-electron chi connectivity index (χ1n) is 8.83. The third-order valence-corrected chi connectivity index (χ3v) is 5.96. The van der Waals surface area contributed by atoms with Crippen LogP contribution in [-0.2, 0) is 0 Å². The Hall–Kier alpha value is -2.48. The summed E-state index contributed by atoms with van der Waals surface area (Å²) < 4.78 is 5.57. The molecule has 0 amide bonds. The van der Waals surface area contributed by atoms with Gasteiger partial charge in [0.1, 0.15) is 11.4 Å². The lowest BCUT2D eigenvalue weighted by Gasteiger charge is -2.28. The van der Waals surface area contributed by atoms with Crippen LogP contribution in [0.4, 0.5) is 11.5 Å². The lowest BCUT2D eigenvalue weighted by molar-refractivity contribution is 0.556. The molecule has 3 heterocycles. The number of halogens is 1. The number of pyridine rings is 1. The van der Waals surface area contributed by atoms with Crippen LogP contribution < -0.4 is 21.6 Å².